The van der Waals surface area contributed by atoms with Crippen LogP contribution >= 0.6 is 0 Å². The van der Waals surface area contributed by atoms with Gasteiger partial charge in [-0.1, -0.05) is 51.1 Å². The van der Waals surface area contributed by atoms with Crippen LogP contribution in [-0.2, 0) is 15.9 Å². The summed E-state index contributed by atoms with van der Waals surface area (Å²) in [4.78, 5) is 0. The van der Waals surface area contributed by atoms with Crippen molar-refractivity contribution in [2.45, 2.75) is 64.0 Å². The first-order valence-corrected chi connectivity index (χ1v) is 12.7. The van der Waals surface area contributed by atoms with Crippen LogP contribution in [0.4, 0.5) is 0 Å². The fourth-order valence-electron chi connectivity index (χ4n) is 2.93. The highest BCUT2D eigenvalue weighted by molar-refractivity contribution is 6.87. The fraction of sp³-hybridized carbons (Fsp3) is 0.636. The first-order valence-electron chi connectivity index (χ1n) is 10.1. The highest BCUT2D eigenvalue weighted by atomic mass is 28.3. The van der Waals surface area contributed by atoms with Crippen LogP contribution in [0.3, 0.4) is 0 Å². The molecule has 0 aromatic heterocycles. The molecule has 0 amide bonds. The maximum Gasteiger partial charge on any atom is 0.137 e. The zero-order chi connectivity index (χ0) is 20.0. The van der Waals surface area contributed by atoms with Crippen molar-refractivity contribution in [3.63, 3.8) is 0 Å². The Hall–Kier alpha value is -1.16. The summed E-state index contributed by atoms with van der Waals surface area (Å²) in [5.74, 6) is 3.19. The molecule has 0 spiro atoms. The van der Waals surface area contributed by atoms with Gasteiger partial charge in [0, 0.05) is 12.8 Å². The van der Waals surface area contributed by atoms with Gasteiger partial charge in [-0.3, -0.25) is 0 Å². The third-order valence-corrected chi connectivity index (χ3v) is 9.80. The van der Waals surface area contributed by atoms with Crippen LogP contribution in [0.25, 0.3) is 0 Å². The van der Waals surface area contributed by atoms with Crippen LogP contribution in [0.1, 0.15) is 32.8 Å². The SMILES string of the molecule is CC[Si](C#CCC(O)COCCOCC(O)Cc1ccccc1)(CC)CC. The smallest absolute Gasteiger partial charge is 0.137 e. The van der Waals surface area contributed by atoms with E-state index in [9.17, 15) is 10.2 Å². The topological polar surface area (TPSA) is 58.9 Å². The molecular weight excluding hydrogens is 356 g/mol. The molecule has 0 saturated heterocycles. The van der Waals surface area contributed by atoms with Gasteiger partial charge in [0.1, 0.15) is 8.07 Å². The summed E-state index contributed by atoms with van der Waals surface area (Å²) in [5.41, 5.74) is 4.57. The van der Waals surface area contributed by atoms with Crippen LogP contribution in [0.5, 0.6) is 0 Å². The van der Waals surface area contributed by atoms with Gasteiger partial charge in [0.05, 0.1) is 38.6 Å². The van der Waals surface area contributed by atoms with Crippen molar-refractivity contribution in [2.75, 3.05) is 26.4 Å². The molecule has 0 aliphatic carbocycles. The summed E-state index contributed by atoms with van der Waals surface area (Å²) in [7, 11) is -1.43. The van der Waals surface area contributed by atoms with Crippen molar-refractivity contribution in [2.24, 2.45) is 0 Å². The number of ether oxygens (including phenoxy) is 2. The van der Waals surface area contributed by atoms with E-state index >= 15 is 0 Å². The van der Waals surface area contributed by atoms with Crippen molar-refractivity contribution in [3.8, 4) is 11.5 Å². The highest BCUT2D eigenvalue weighted by Crippen LogP contribution is 2.18. The number of aliphatic hydroxyl groups is 2. The van der Waals surface area contributed by atoms with Crippen molar-refractivity contribution in [1.82, 2.24) is 0 Å². The molecule has 2 unspecified atom stereocenters. The summed E-state index contributed by atoms with van der Waals surface area (Å²) in [6.45, 7) is 8.04. The number of hydrogen-bond donors (Lipinski definition) is 2. The van der Waals surface area contributed by atoms with E-state index < -0.39 is 20.3 Å². The molecule has 1 aromatic rings. The molecule has 27 heavy (non-hydrogen) atoms. The van der Waals surface area contributed by atoms with Gasteiger partial charge < -0.3 is 19.7 Å². The van der Waals surface area contributed by atoms with Crippen molar-refractivity contribution < 1.29 is 19.7 Å². The molecule has 0 aliphatic rings. The van der Waals surface area contributed by atoms with Crippen LogP contribution in [0.2, 0.25) is 18.1 Å². The highest BCUT2D eigenvalue weighted by Gasteiger charge is 2.24. The molecule has 0 aliphatic heterocycles. The molecule has 1 aromatic carbocycles. The molecule has 2 atom stereocenters. The van der Waals surface area contributed by atoms with E-state index in [0.717, 1.165) is 5.56 Å². The molecule has 152 valence electrons. The standard InChI is InChI=1S/C22H36O4Si/c1-4-27(5-2,6-3)16-10-13-21(23)18-25-14-15-26-19-22(24)17-20-11-8-7-9-12-20/h7-9,11-12,21-24H,4-6,13-15,17-19H2,1-3H3. The molecule has 0 radical (unpaired) electrons. The second-order valence-corrected chi connectivity index (χ2v) is 11.9. The summed E-state index contributed by atoms with van der Waals surface area (Å²) in [5, 5.41) is 19.9. The van der Waals surface area contributed by atoms with Crippen LogP contribution in [0, 0.1) is 11.5 Å². The minimum absolute atomic E-state index is 0.267. The molecule has 0 bridgehead atoms. The van der Waals surface area contributed by atoms with Gasteiger partial charge in [0.25, 0.3) is 0 Å². The lowest BCUT2D eigenvalue weighted by molar-refractivity contribution is -0.0156. The minimum atomic E-state index is -1.43. The monoisotopic (exact) mass is 392 g/mol. The van der Waals surface area contributed by atoms with Gasteiger partial charge in [-0.2, -0.15) is 0 Å². The van der Waals surface area contributed by atoms with Gasteiger partial charge in [0.15, 0.2) is 0 Å². The second-order valence-electron chi connectivity index (χ2n) is 6.99. The summed E-state index contributed by atoms with van der Waals surface area (Å²) < 4.78 is 10.9. The number of rotatable bonds is 13. The predicted octanol–water partition coefficient (Wildman–Crippen LogP) is 3.43. The van der Waals surface area contributed by atoms with E-state index in [1.165, 1.54) is 18.1 Å². The van der Waals surface area contributed by atoms with Gasteiger partial charge in [-0.05, 0) is 23.7 Å². The zero-order valence-corrected chi connectivity index (χ0v) is 18.1. The molecule has 0 fully saturated rings. The average Bonchev–Trinajstić information content (AvgIpc) is 2.69. The van der Waals surface area contributed by atoms with E-state index in [1.807, 2.05) is 30.3 Å². The third kappa shape index (κ3) is 10.1. The van der Waals surface area contributed by atoms with E-state index in [1.54, 1.807) is 0 Å². The van der Waals surface area contributed by atoms with E-state index in [2.05, 4.69) is 32.2 Å². The fourth-order valence-corrected chi connectivity index (χ4v) is 5.44. The summed E-state index contributed by atoms with van der Waals surface area (Å²) in [6, 6.07) is 13.4. The van der Waals surface area contributed by atoms with Crippen molar-refractivity contribution in [3.05, 3.63) is 35.9 Å². The van der Waals surface area contributed by atoms with Crippen molar-refractivity contribution >= 4 is 8.07 Å². The molecule has 5 heteroatoms. The quantitative estimate of drug-likeness (QED) is 0.307. The molecule has 1 rings (SSSR count). The van der Waals surface area contributed by atoms with Crippen LogP contribution in [0.15, 0.2) is 30.3 Å². The summed E-state index contributed by atoms with van der Waals surface area (Å²) >= 11 is 0. The Kier molecular flexibility index (Phi) is 12.3. The Morgan fingerprint density at radius 1 is 0.889 bits per heavy atom. The first-order chi connectivity index (χ1) is 13.0. The van der Waals surface area contributed by atoms with Gasteiger partial charge in [-0.25, -0.2) is 0 Å². The maximum atomic E-state index is 9.98. The summed E-state index contributed by atoms with van der Waals surface area (Å²) in [6.07, 6.45) is -0.0328. The number of aliphatic hydroxyl groups excluding tert-OH is 2. The Balaban J connectivity index is 2.11. The Morgan fingerprint density at radius 2 is 1.44 bits per heavy atom. The zero-order valence-electron chi connectivity index (χ0n) is 17.1. The molecule has 2 N–H and O–H groups in total. The lowest BCUT2D eigenvalue weighted by atomic mass is 10.1. The third-order valence-electron chi connectivity index (χ3n) is 5.03. The van der Waals surface area contributed by atoms with Gasteiger partial charge in [-0.15, -0.1) is 11.5 Å². The Morgan fingerprint density at radius 3 is 2.00 bits per heavy atom. The van der Waals surface area contributed by atoms with E-state index in [4.69, 9.17) is 9.47 Å². The Labute approximate surface area is 165 Å². The normalized spacial score (nSPS) is 13.7. The Bertz CT molecular complexity index is 540. The maximum absolute atomic E-state index is 9.98. The largest absolute Gasteiger partial charge is 0.390 e. The van der Waals surface area contributed by atoms with Gasteiger partial charge in [0.2, 0.25) is 0 Å². The molecule has 4 nitrogen and oxygen atoms in total. The predicted molar refractivity (Wildman–Crippen MR) is 113 cm³/mol. The lowest BCUT2D eigenvalue weighted by Crippen LogP contribution is -2.29. The van der Waals surface area contributed by atoms with E-state index in [-0.39, 0.29) is 13.2 Å². The first kappa shape index (κ1) is 23.9. The lowest BCUT2D eigenvalue weighted by Gasteiger charge is -2.20. The second kappa shape index (κ2) is 13.9. The molecule has 0 saturated carbocycles. The molecule has 0 heterocycles. The van der Waals surface area contributed by atoms with Crippen LogP contribution in [-0.4, -0.2) is 56.9 Å². The van der Waals surface area contributed by atoms with Crippen LogP contribution < -0.4 is 0 Å². The number of benzene rings is 1. The number of hydrogen-bond acceptors (Lipinski definition) is 4. The van der Waals surface area contributed by atoms with E-state index in [0.29, 0.717) is 26.1 Å². The average molecular weight is 393 g/mol. The van der Waals surface area contributed by atoms with Crippen molar-refractivity contribution in [1.29, 1.82) is 0 Å². The van der Waals surface area contributed by atoms with Gasteiger partial charge >= 0.3 is 0 Å². The molecular formula is C22H36O4Si. The minimum Gasteiger partial charge on any atom is -0.390 e.